The van der Waals surface area contributed by atoms with E-state index in [9.17, 15) is 0 Å². The van der Waals surface area contributed by atoms with Crippen molar-refractivity contribution in [3.05, 3.63) is 11.1 Å². The lowest BCUT2D eigenvalue weighted by Gasteiger charge is -2.21. The number of halogens is 1. The molecule has 1 unspecified atom stereocenters. The van der Waals surface area contributed by atoms with Gasteiger partial charge >= 0.3 is 0 Å². The molecule has 3 N–H and O–H groups in total. The molecular formula is C7H15ClN4S. The lowest BCUT2D eigenvalue weighted by molar-refractivity contribution is 0.486. The number of allylic oxidation sites excluding steroid dienone is 1. The Morgan fingerprint density at radius 3 is 2.46 bits per heavy atom. The highest BCUT2D eigenvalue weighted by Gasteiger charge is 2.20. The lowest BCUT2D eigenvalue weighted by Crippen LogP contribution is -2.31. The van der Waals surface area contributed by atoms with Crippen LogP contribution in [0.25, 0.3) is 0 Å². The molecule has 0 spiro atoms. The summed E-state index contributed by atoms with van der Waals surface area (Å²) in [6.07, 6.45) is 0. The summed E-state index contributed by atoms with van der Waals surface area (Å²) in [5.41, 5.74) is 3.47. The van der Waals surface area contributed by atoms with Crippen LogP contribution < -0.4 is 11.3 Å². The van der Waals surface area contributed by atoms with E-state index in [-0.39, 0.29) is 23.3 Å². The van der Waals surface area contributed by atoms with E-state index in [0.717, 1.165) is 5.70 Å². The zero-order valence-corrected chi connectivity index (χ0v) is 9.58. The number of hydrazine groups is 1. The molecule has 76 valence electrons. The molecule has 0 bridgehead atoms. The normalized spacial score (nSPS) is 22.2. The summed E-state index contributed by atoms with van der Waals surface area (Å²) in [6, 6.07) is 0. The van der Waals surface area contributed by atoms with Crippen molar-refractivity contribution in [1.82, 2.24) is 5.43 Å². The monoisotopic (exact) mass is 222 g/mol. The van der Waals surface area contributed by atoms with Crippen LogP contribution in [0.3, 0.4) is 0 Å². The van der Waals surface area contributed by atoms with Gasteiger partial charge in [0.2, 0.25) is 0 Å². The van der Waals surface area contributed by atoms with Crippen molar-refractivity contribution in [3.63, 3.8) is 0 Å². The Labute approximate surface area is 88.8 Å². The Morgan fingerprint density at radius 2 is 2.15 bits per heavy atom. The van der Waals surface area contributed by atoms with E-state index in [4.69, 9.17) is 5.84 Å². The number of thioether (sulfide) groups is 1. The van der Waals surface area contributed by atoms with Crippen molar-refractivity contribution in [2.75, 3.05) is 0 Å². The first kappa shape index (κ1) is 12.9. The Bertz CT molecular complexity index is 221. The maximum atomic E-state index is 5.20. The highest BCUT2D eigenvalue weighted by atomic mass is 35.5. The molecule has 0 fully saturated rings. The molecule has 0 aromatic carbocycles. The smallest absolute Gasteiger partial charge is 0.184 e. The van der Waals surface area contributed by atoms with Gasteiger partial charge in [-0.25, -0.2) is 5.43 Å². The predicted molar refractivity (Wildman–Crippen MR) is 58.3 cm³/mol. The standard InChI is InChI=1S/C7H14N4S.ClH/c1-7(2,3)5-4-12-6(9-8)11-10-5;/h4,6,9H,8H2,1-3H3;1H. The van der Waals surface area contributed by atoms with Crippen molar-refractivity contribution >= 4 is 24.2 Å². The second-order valence-electron chi connectivity index (χ2n) is 3.62. The van der Waals surface area contributed by atoms with Gasteiger partial charge in [-0.1, -0.05) is 32.5 Å². The van der Waals surface area contributed by atoms with Crippen molar-refractivity contribution < 1.29 is 0 Å². The van der Waals surface area contributed by atoms with Crippen molar-refractivity contribution in [1.29, 1.82) is 0 Å². The summed E-state index contributed by atoms with van der Waals surface area (Å²) in [4.78, 5) is 0. The second kappa shape index (κ2) is 4.95. The molecule has 1 heterocycles. The molecule has 0 radical (unpaired) electrons. The minimum absolute atomic E-state index is 0. The van der Waals surface area contributed by atoms with Gasteiger partial charge in [-0.15, -0.1) is 12.4 Å². The van der Waals surface area contributed by atoms with E-state index < -0.39 is 0 Å². The van der Waals surface area contributed by atoms with Crippen LogP contribution in [-0.2, 0) is 0 Å². The summed E-state index contributed by atoms with van der Waals surface area (Å²) in [6.45, 7) is 6.32. The molecular weight excluding hydrogens is 208 g/mol. The van der Waals surface area contributed by atoms with E-state index in [2.05, 4.69) is 36.4 Å². The van der Waals surface area contributed by atoms with Gasteiger partial charge in [0.1, 0.15) is 0 Å². The Morgan fingerprint density at radius 1 is 1.54 bits per heavy atom. The molecule has 0 aliphatic carbocycles. The quantitative estimate of drug-likeness (QED) is 0.528. The first-order chi connectivity index (χ1) is 5.54. The maximum absolute atomic E-state index is 5.20. The summed E-state index contributed by atoms with van der Waals surface area (Å²) in [7, 11) is 0. The van der Waals surface area contributed by atoms with E-state index in [0.29, 0.717) is 0 Å². The third-order valence-corrected chi connectivity index (χ3v) is 2.34. The molecule has 0 saturated carbocycles. The summed E-state index contributed by atoms with van der Waals surface area (Å²) in [5.74, 6) is 5.20. The third-order valence-electron chi connectivity index (χ3n) is 1.49. The molecule has 0 aromatic heterocycles. The molecule has 13 heavy (non-hydrogen) atoms. The highest BCUT2D eigenvalue weighted by Crippen LogP contribution is 2.32. The zero-order valence-electron chi connectivity index (χ0n) is 7.94. The number of hydrogen-bond acceptors (Lipinski definition) is 5. The number of azo groups is 1. The first-order valence-corrected chi connectivity index (χ1v) is 4.71. The van der Waals surface area contributed by atoms with Gasteiger partial charge in [0.15, 0.2) is 5.50 Å². The lowest BCUT2D eigenvalue weighted by atomic mass is 9.93. The zero-order chi connectivity index (χ0) is 9.19. The van der Waals surface area contributed by atoms with Gasteiger partial charge in [0.05, 0.1) is 5.70 Å². The fourth-order valence-electron chi connectivity index (χ4n) is 0.694. The van der Waals surface area contributed by atoms with Gasteiger partial charge in [-0.3, -0.25) is 5.84 Å². The Hall–Kier alpha value is -0.100. The van der Waals surface area contributed by atoms with Crippen LogP contribution >= 0.6 is 24.2 Å². The van der Waals surface area contributed by atoms with Crippen molar-refractivity contribution in [3.8, 4) is 0 Å². The Balaban J connectivity index is 0.00000144. The SMILES string of the molecule is CC(C)(C)C1=CSC(NN)N=N1.Cl. The van der Waals surface area contributed by atoms with Crippen LogP contribution in [0.5, 0.6) is 0 Å². The van der Waals surface area contributed by atoms with Crippen LogP contribution in [0.2, 0.25) is 0 Å². The minimum Gasteiger partial charge on any atom is -0.269 e. The van der Waals surface area contributed by atoms with E-state index in [1.807, 2.05) is 5.41 Å². The van der Waals surface area contributed by atoms with Crippen LogP contribution in [0.15, 0.2) is 21.3 Å². The van der Waals surface area contributed by atoms with E-state index in [1.165, 1.54) is 11.8 Å². The largest absolute Gasteiger partial charge is 0.269 e. The van der Waals surface area contributed by atoms with Crippen LogP contribution in [-0.4, -0.2) is 5.50 Å². The third kappa shape index (κ3) is 3.64. The number of hydrogen-bond donors (Lipinski definition) is 2. The molecule has 0 aromatic rings. The maximum Gasteiger partial charge on any atom is 0.184 e. The molecule has 0 saturated heterocycles. The summed E-state index contributed by atoms with van der Waals surface area (Å²) >= 11 is 1.54. The molecule has 1 aliphatic rings. The predicted octanol–water partition coefficient (Wildman–Crippen LogP) is 2.24. The van der Waals surface area contributed by atoms with Gasteiger partial charge in [-0.2, -0.15) is 10.2 Å². The van der Waals surface area contributed by atoms with Crippen LogP contribution in [0.4, 0.5) is 0 Å². The molecule has 0 amide bonds. The second-order valence-corrected chi connectivity index (χ2v) is 4.58. The number of nitrogens with zero attached hydrogens (tertiary/aromatic N) is 2. The molecule has 1 rings (SSSR count). The molecule has 6 heteroatoms. The minimum atomic E-state index is -0.129. The molecule has 1 aliphatic heterocycles. The first-order valence-electron chi connectivity index (χ1n) is 3.77. The van der Waals surface area contributed by atoms with Gasteiger partial charge < -0.3 is 0 Å². The highest BCUT2D eigenvalue weighted by molar-refractivity contribution is 8.02. The average molecular weight is 223 g/mol. The topological polar surface area (TPSA) is 62.8 Å². The average Bonchev–Trinajstić information content (AvgIpc) is 2.03. The number of nitrogens with two attached hydrogens (primary N) is 1. The van der Waals surface area contributed by atoms with E-state index in [1.54, 1.807) is 0 Å². The van der Waals surface area contributed by atoms with Gasteiger partial charge in [0.25, 0.3) is 0 Å². The fraction of sp³-hybridized carbons (Fsp3) is 0.714. The Kier molecular flexibility index (Phi) is 4.91. The number of nitrogens with one attached hydrogen (secondary N) is 1. The van der Waals surface area contributed by atoms with E-state index >= 15 is 0 Å². The fourth-order valence-corrected chi connectivity index (χ4v) is 1.53. The van der Waals surface area contributed by atoms with Crippen LogP contribution in [0.1, 0.15) is 20.8 Å². The number of rotatable bonds is 1. The summed E-state index contributed by atoms with van der Waals surface area (Å²) in [5, 5.41) is 10.1. The van der Waals surface area contributed by atoms with Gasteiger partial charge in [-0.05, 0) is 5.41 Å². The van der Waals surface area contributed by atoms with Gasteiger partial charge in [0, 0.05) is 5.41 Å². The van der Waals surface area contributed by atoms with Crippen LogP contribution in [0, 0.1) is 5.41 Å². The van der Waals surface area contributed by atoms with Crippen molar-refractivity contribution in [2.24, 2.45) is 21.5 Å². The summed E-state index contributed by atoms with van der Waals surface area (Å²) < 4.78 is 0. The molecule has 4 nitrogen and oxygen atoms in total. The van der Waals surface area contributed by atoms with Crippen molar-refractivity contribution in [2.45, 2.75) is 26.3 Å². The molecule has 1 atom stereocenters.